The quantitative estimate of drug-likeness (QED) is 0.545. The largest absolute Gasteiger partial charge is 0.240 e. The Kier molecular flexibility index (Phi) is 2.39. The summed E-state index contributed by atoms with van der Waals surface area (Å²) < 4.78 is 1.66. The average Bonchev–Trinajstić information content (AvgIpc) is 2.67. The van der Waals surface area contributed by atoms with Crippen molar-refractivity contribution in [2.24, 2.45) is 4.99 Å². The zero-order chi connectivity index (χ0) is 10.7. The molecule has 1 heterocycles. The molecule has 0 amide bonds. The first-order valence-corrected chi connectivity index (χ1v) is 4.36. The number of carbonyl (C=O) groups excluding carboxylic acids is 1. The van der Waals surface area contributed by atoms with E-state index in [1.807, 2.05) is 19.1 Å². The summed E-state index contributed by atoms with van der Waals surface area (Å²) in [6.45, 7) is 1.82. The Morgan fingerprint density at radius 3 is 2.60 bits per heavy atom. The molecule has 5 nitrogen and oxygen atoms in total. The van der Waals surface area contributed by atoms with Crippen molar-refractivity contribution in [1.29, 1.82) is 0 Å². The summed E-state index contributed by atoms with van der Waals surface area (Å²) in [7, 11) is 0. The number of hydrogen-bond donors (Lipinski definition) is 0. The molecule has 5 heteroatoms. The lowest BCUT2D eigenvalue weighted by Gasteiger charge is -1.99. The van der Waals surface area contributed by atoms with Crippen LogP contribution in [0.1, 0.15) is 5.82 Å². The first kappa shape index (κ1) is 9.30. The van der Waals surface area contributed by atoms with Crippen molar-refractivity contribution >= 4 is 11.8 Å². The fourth-order valence-corrected chi connectivity index (χ4v) is 1.20. The summed E-state index contributed by atoms with van der Waals surface area (Å²) in [6.07, 6.45) is 3.12. The molecule has 1 aromatic carbocycles. The Labute approximate surface area is 86.1 Å². The second-order valence-corrected chi connectivity index (χ2v) is 2.96. The van der Waals surface area contributed by atoms with Crippen LogP contribution in [0.25, 0.3) is 5.69 Å². The lowest BCUT2D eigenvalue weighted by Crippen LogP contribution is -1.93. The van der Waals surface area contributed by atoms with Crippen LogP contribution in [0.3, 0.4) is 0 Å². The number of benzene rings is 1. The van der Waals surface area contributed by atoms with Gasteiger partial charge in [-0.2, -0.15) is 10.1 Å². The maximum Gasteiger partial charge on any atom is 0.240 e. The number of isocyanates is 1. The fourth-order valence-electron chi connectivity index (χ4n) is 1.20. The van der Waals surface area contributed by atoms with Crippen LogP contribution in [0, 0.1) is 6.92 Å². The van der Waals surface area contributed by atoms with Gasteiger partial charge in [0.05, 0.1) is 11.4 Å². The number of nitrogens with zero attached hydrogens (tertiary/aromatic N) is 4. The standard InChI is InChI=1S/C10H8N4O/c1-8-11-6-14(13-8)10-4-2-9(3-5-10)12-7-15/h2-6H,1H3. The van der Waals surface area contributed by atoms with Gasteiger partial charge >= 0.3 is 0 Å². The van der Waals surface area contributed by atoms with Gasteiger partial charge in [-0.1, -0.05) is 0 Å². The van der Waals surface area contributed by atoms with Gasteiger partial charge in [-0.05, 0) is 31.2 Å². The van der Waals surface area contributed by atoms with E-state index in [9.17, 15) is 4.79 Å². The number of aromatic nitrogens is 3. The van der Waals surface area contributed by atoms with Crippen molar-refractivity contribution in [3.63, 3.8) is 0 Å². The molecule has 0 radical (unpaired) electrons. The predicted molar refractivity (Wildman–Crippen MR) is 53.9 cm³/mol. The van der Waals surface area contributed by atoms with Gasteiger partial charge < -0.3 is 0 Å². The first-order valence-electron chi connectivity index (χ1n) is 4.36. The summed E-state index contributed by atoms with van der Waals surface area (Å²) >= 11 is 0. The predicted octanol–water partition coefficient (Wildman–Crippen LogP) is 1.54. The van der Waals surface area contributed by atoms with E-state index < -0.39 is 0 Å². The molecule has 0 saturated heterocycles. The number of hydrogen-bond acceptors (Lipinski definition) is 4. The van der Waals surface area contributed by atoms with E-state index >= 15 is 0 Å². The van der Waals surface area contributed by atoms with Crippen molar-refractivity contribution in [1.82, 2.24) is 14.8 Å². The van der Waals surface area contributed by atoms with E-state index in [1.165, 1.54) is 6.08 Å². The Balaban J connectivity index is 2.35. The van der Waals surface area contributed by atoms with E-state index in [-0.39, 0.29) is 0 Å². The molecule has 2 rings (SSSR count). The fraction of sp³-hybridized carbons (Fsp3) is 0.100. The van der Waals surface area contributed by atoms with Crippen LogP contribution >= 0.6 is 0 Å². The number of rotatable bonds is 2. The highest BCUT2D eigenvalue weighted by molar-refractivity contribution is 5.51. The SMILES string of the molecule is Cc1ncn(-c2ccc(N=C=O)cc2)n1. The molecular formula is C10H8N4O. The van der Waals surface area contributed by atoms with Crippen molar-refractivity contribution in [3.05, 3.63) is 36.4 Å². The minimum Gasteiger partial charge on any atom is -0.221 e. The van der Waals surface area contributed by atoms with Gasteiger partial charge in [0.2, 0.25) is 6.08 Å². The second kappa shape index (κ2) is 3.86. The summed E-state index contributed by atoms with van der Waals surface area (Å²) in [4.78, 5) is 17.5. The third-order valence-electron chi connectivity index (χ3n) is 1.90. The van der Waals surface area contributed by atoms with Gasteiger partial charge in [0.25, 0.3) is 0 Å². The monoisotopic (exact) mass is 200 g/mol. The van der Waals surface area contributed by atoms with Gasteiger partial charge in [-0.3, -0.25) is 0 Å². The highest BCUT2D eigenvalue weighted by Gasteiger charge is 1.98. The summed E-state index contributed by atoms with van der Waals surface area (Å²) in [6, 6.07) is 7.06. The zero-order valence-electron chi connectivity index (χ0n) is 8.08. The van der Waals surface area contributed by atoms with Crippen LogP contribution in [0.5, 0.6) is 0 Å². The normalized spacial score (nSPS) is 9.67. The van der Waals surface area contributed by atoms with Crippen molar-refractivity contribution < 1.29 is 4.79 Å². The van der Waals surface area contributed by atoms with Gasteiger partial charge in [-0.25, -0.2) is 14.5 Å². The maximum absolute atomic E-state index is 10.0. The van der Waals surface area contributed by atoms with Gasteiger partial charge in [0.15, 0.2) is 0 Å². The van der Waals surface area contributed by atoms with Gasteiger partial charge in [0.1, 0.15) is 12.2 Å². The molecule has 0 fully saturated rings. The third-order valence-corrected chi connectivity index (χ3v) is 1.90. The molecule has 0 spiro atoms. The third kappa shape index (κ3) is 1.98. The van der Waals surface area contributed by atoms with Crippen LogP contribution in [-0.4, -0.2) is 20.8 Å². The van der Waals surface area contributed by atoms with E-state index in [0.717, 1.165) is 5.69 Å². The highest BCUT2D eigenvalue weighted by atomic mass is 16.1. The molecule has 0 saturated carbocycles. The molecule has 0 aliphatic rings. The summed E-state index contributed by atoms with van der Waals surface area (Å²) in [5.74, 6) is 0.713. The Bertz CT molecular complexity index is 508. The molecule has 1 aromatic heterocycles. The summed E-state index contributed by atoms with van der Waals surface area (Å²) in [5, 5.41) is 4.15. The molecule has 0 atom stereocenters. The van der Waals surface area contributed by atoms with E-state index in [1.54, 1.807) is 23.1 Å². The molecule has 0 aliphatic carbocycles. The zero-order valence-corrected chi connectivity index (χ0v) is 8.08. The van der Waals surface area contributed by atoms with Crippen LogP contribution in [0.2, 0.25) is 0 Å². The molecule has 0 aliphatic heterocycles. The average molecular weight is 200 g/mol. The van der Waals surface area contributed by atoms with Gasteiger partial charge in [-0.15, -0.1) is 0 Å². The number of aryl methyl sites for hydroxylation is 1. The highest BCUT2D eigenvalue weighted by Crippen LogP contribution is 2.14. The van der Waals surface area contributed by atoms with Gasteiger partial charge in [0, 0.05) is 0 Å². The van der Waals surface area contributed by atoms with Crippen LogP contribution in [-0.2, 0) is 4.79 Å². The smallest absolute Gasteiger partial charge is 0.221 e. The van der Waals surface area contributed by atoms with Crippen LogP contribution < -0.4 is 0 Å². The number of aliphatic imine (C=N–C) groups is 1. The molecule has 0 N–H and O–H groups in total. The minimum atomic E-state index is 0.575. The topological polar surface area (TPSA) is 60.1 Å². The lowest BCUT2D eigenvalue weighted by atomic mass is 10.3. The molecule has 0 unspecified atom stereocenters. The molecule has 15 heavy (non-hydrogen) atoms. The van der Waals surface area contributed by atoms with Crippen LogP contribution in [0.15, 0.2) is 35.6 Å². The molecule has 0 bridgehead atoms. The Hall–Kier alpha value is -2.26. The maximum atomic E-state index is 10.0. The Morgan fingerprint density at radius 1 is 1.33 bits per heavy atom. The second-order valence-electron chi connectivity index (χ2n) is 2.96. The van der Waals surface area contributed by atoms with Crippen molar-refractivity contribution in [3.8, 4) is 5.69 Å². The molecule has 74 valence electrons. The van der Waals surface area contributed by atoms with E-state index in [4.69, 9.17) is 0 Å². The van der Waals surface area contributed by atoms with Crippen molar-refractivity contribution in [2.45, 2.75) is 6.92 Å². The molecule has 2 aromatic rings. The van der Waals surface area contributed by atoms with Crippen molar-refractivity contribution in [2.75, 3.05) is 0 Å². The van der Waals surface area contributed by atoms with E-state index in [2.05, 4.69) is 15.1 Å². The minimum absolute atomic E-state index is 0.575. The van der Waals surface area contributed by atoms with Crippen LogP contribution in [0.4, 0.5) is 5.69 Å². The summed E-state index contributed by atoms with van der Waals surface area (Å²) in [5.41, 5.74) is 1.45. The lowest BCUT2D eigenvalue weighted by molar-refractivity contribution is 0.565. The Morgan fingerprint density at radius 2 is 2.07 bits per heavy atom. The molecular weight excluding hydrogens is 192 g/mol. The van der Waals surface area contributed by atoms with E-state index in [0.29, 0.717) is 11.5 Å². The first-order chi connectivity index (χ1) is 7.29.